The molecule has 2 fully saturated rings. The monoisotopic (exact) mass is 266 g/mol. The van der Waals surface area contributed by atoms with Crippen molar-refractivity contribution in [3.63, 3.8) is 0 Å². The molecule has 3 heteroatoms. The number of carbonyl (C=O) groups excluding carboxylic acids is 1. The number of amides is 1. The molecule has 0 saturated heterocycles. The smallest absolute Gasteiger partial charge is 0.227 e. The third kappa shape index (κ3) is 3.50. The minimum absolute atomic E-state index is 0.233. The molecular formula is C16H30N2O. The molecule has 2 saturated carbocycles. The van der Waals surface area contributed by atoms with Gasteiger partial charge in [-0.25, -0.2) is 0 Å². The maximum absolute atomic E-state index is 12.7. The number of hydrogen-bond acceptors (Lipinski definition) is 2. The summed E-state index contributed by atoms with van der Waals surface area (Å²) in [6.07, 6.45) is 12.0. The molecule has 3 N–H and O–H groups in total. The van der Waals surface area contributed by atoms with E-state index in [9.17, 15) is 4.79 Å². The van der Waals surface area contributed by atoms with Crippen LogP contribution in [-0.2, 0) is 4.79 Å². The third-order valence-corrected chi connectivity index (χ3v) is 5.40. The molecule has 0 radical (unpaired) electrons. The molecule has 110 valence electrons. The second kappa shape index (κ2) is 6.74. The summed E-state index contributed by atoms with van der Waals surface area (Å²) in [7, 11) is 0. The Morgan fingerprint density at radius 2 is 1.74 bits per heavy atom. The standard InChI is InChI=1S/C16H30N2O/c1-13(14-8-4-5-9-14)18-15(19)16(12-17)10-6-2-3-7-11-16/h13-14H,2-12,17H2,1H3,(H,18,19)/t13-/m0/s1. The SMILES string of the molecule is C[C@H](NC(=O)C1(CN)CCCCCC1)C1CCCC1. The van der Waals surface area contributed by atoms with E-state index < -0.39 is 0 Å². The molecule has 0 unspecified atom stereocenters. The highest BCUT2D eigenvalue weighted by Gasteiger charge is 2.38. The van der Waals surface area contributed by atoms with Crippen molar-refractivity contribution in [1.29, 1.82) is 0 Å². The van der Waals surface area contributed by atoms with Crippen LogP contribution in [0.3, 0.4) is 0 Å². The van der Waals surface area contributed by atoms with Gasteiger partial charge in [0, 0.05) is 12.6 Å². The molecule has 0 aromatic rings. The van der Waals surface area contributed by atoms with E-state index in [1.807, 2.05) is 0 Å². The van der Waals surface area contributed by atoms with Crippen LogP contribution in [0.2, 0.25) is 0 Å². The van der Waals surface area contributed by atoms with Crippen molar-refractivity contribution in [3.8, 4) is 0 Å². The minimum atomic E-state index is -0.274. The summed E-state index contributed by atoms with van der Waals surface area (Å²) in [6, 6.07) is 0.321. The van der Waals surface area contributed by atoms with E-state index in [0.29, 0.717) is 18.5 Å². The molecule has 0 aliphatic heterocycles. The molecule has 3 nitrogen and oxygen atoms in total. The van der Waals surface area contributed by atoms with Crippen LogP contribution in [0.15, 0.2) is 0 Å². The van der Waals surface area contributed by atoms with Crippen molar-refractivity contribution in [3.05, 3.63) is 0 Å². The first-order valence-electron chi connectivity index (χ1n) is 8.19. The van der Waals surface area contributed by atoms with Crippen molar-refractivity contribution in [1.82, 2.24) is 5.32 Å². The predicted octanol–water partition coefficient (Wildman–Crippen LogP) is 2.98. The second-order valence-corrected chi connectivity index (χ2v) is 6.71. The molecule has 0 aromatic carbocycles. The van der Waals surface area contributed by atoms with Gasteiger partial charge in [-0.3, -0.25) is 4.79 Å². The quantitative estimate of drug-likeness (QED) is 0.769. The highest BCUT2D eigenvalue weighted by Crippen LogP contribution is 2.35. The molecular weight excluding hydrogens is 236 g/mol. The lowest BCUT2D eigenvalue weighted by atomic mass is 9.79. The van der Waals surface area contributed by atoms with E-state index in [1.54, 1.807) is 0 Å². The van der Waals surface area contributed by atoms with Gasteiger partial charge in [-0.05, 0) is 38.5 Å². The Labute approximate surface area is 117 Å². The van der Waals surface area contributed by atoms with E-state index in [0.717, 1.165) is 25.7 Å². The molecule has 0 aromatic heterocycles. The minimum Gasteiger partial charge on any atom is -0.353 e. The summed E-state index contributed by atoms with van der Waals surface area (Å²) in [5.41, 5.74) is 5.70. The van der Waals surface area contributed by atoms with Crippen LogP contribution in [-0.4, -0.2) is 18.5 Å². The van der Waals surface area contributed by atoms with Crippen LogP contribution in [0.1, 0.15) is 71.1 Å². The zero-order valence-electron chi connectivity index (χ0n) is 12.4. The molecule has 19 heavy (non-hydrogen) atoms. The number of nitrogens with two attached hydrogens (primary N) is 1. The lowest BCUT2D eigenvalue weighted by Gasteiger charge is -2.32. The largest absolute Gasteiger partial charge is 0.353 e. The number of nitrogens with one attached hydrogen (secondary N) is 1. The van der Waals surface area contributed by atoms with Gasteiger partial charge in [0.25, 0.3) is 0 Å². The van der Waals surface area contributed by atoms with Gasteiger partial charge in [0.1, 0.15) is 0 Å². The van der Waals surface area contributed by atoms with E-state index in [1.165, 1.54) is 38.5 Å². The van der Waals surface area contributed by atoms with Crippen molar-refractivity contribution >= 4 is 5.91 Å². The topological polar surface area (TPSA) is 55.1 Å². The summed E-state index contributed by atoms with van der Waals surface area (Å²) in [5.74, 6) is 0.917. The van der Waals surface area contributed by atoms with Crippen LogP contribution < -0.4 is 11.1 Å². The first-order chi connectivity index (χ1) is 9.18. The van der Waals surface area contributed by atoms with Crippen LogP contribution in [0.5, 0.6) is 0 Å². The summed E-state index contributed by atoms with van der Waals surface area (Å²) in [5, 5.41) is 3.29. The van der Waals surface area contributed by atoms with Gasteiger partial charge in [-0.2, -0.15) is 0 Å². The fraction of sp³-hybridized carbons (Fsp3) is 0.938. The van der Waals surface area contributed by atoms with Gasteiger partial charge < -0.3 is 11.1 Å². The molecule has 0 spiro atoms. The van der Waals surface area contributed by atoms with E-state index in [2.05, 4.69) is 12.2 Å². The molecule has 2 aliphatic rings. The first kappa shape index (κ1) is 14.8. The van der Waals surface area contributed by atoms with Crippen LogP contribution in [0, 0.1) is 11.3 Å². The molecule has 2 aliphatic carbocycles. The van der Waals surface area contributed by atoms with E-state index in [-0.39, 0.29) is 11.3 Å². The van der Waals surface area contributed by atoms with Crippen LogP contribution in [0.25, 0.3) is 0 Å². The summed E-state index contributed by atoms with van der Waals surface area (Å²) < 4.78 is 0. The normalized spacial score (nSPS) is 25.8. The summed E-state index contributed by atoms with van der Waals surface area (Å²) in [6.45, 7) is 2.69. The first-order valence-corrected chi connectivity index (χ1v) is 8.19. The zero-order valence-corrected chi connectivity index (χ0v) is 12.4. The summed E-state index contributed by atoms with van der Waals surface area (Å²) >= 11 is 0. The summed E-state index contributed by atoms with van der Waals surface area (Å²) in [4.78, 5) is 12.7. The third-order valence-electron chi connectivity index (χ3n) is 5.40. The molecule has 0 heterocycles. The average Bonchev–Trinajstić information content (AvgIpc) is 2.84. The fourth-order valence-electron chi connectivity index (χ4n) is 3.86. The second-order valence-electron chi connectivity index (χ2n) is 6.71. The zero-order chi connectivity index (χ0) is 13.7. The molecule has 0 bridgehead atoms. The Hall–Kier alpha value is -0.570. The number of rotatable bonds is 4. The lowest BCUT2D eigenvalue weighted by molar-refractivity contribution is -0.132. The van der Waals surface area contributed by atoms with Crippen molar-refractivity contribution in [2.45, 2.75) is 77.2 Å². The van der Waals surface area contributed by atoms with Crippen molar-refractivity contribution in [2.24, 2.45) is 17.1 Å². The van der Waals surface area contributed by atoms with Gasteiger partial charge in [0.2, 0.25) is 5.91 Å². The van der Waals surface area contributed by atoms with Crippen LogP contribution in [0.4, 0.5) is 0 Å². The van der Waals surface area contributed by atoms with Gasteiger partial charge in [0.05, 0.1) is 5.41 Å². The highest BCUT2D eigenvalue weighted by molar-refractivity contribution is 5.83. The number of carbonyl (C=O) groups is 1. The van der Waals surface area contributed by atoms with Crippen molar-refractivity contribution < 1.29 is 4.79 Å². The Morgan fingerprint density at radius 1 is 1.16 bits per heavy atom. The Bertz CT molecular complexity index is 289. The van der Waals surface area contributed by atoms with Crippen LogP contribution >= 0.6 is 0 Å². The van der Waals surface area contributed by atoms with E-state index >= 15 is 0 Å². The highest BCUT2D eigenvalue weighted by atomic mass is 16.2. The lowest BCUT2D eigenvalue weighted by Crippen LogP contribution is -2.49. The molecule has 1 atom stereocenters. The van der Waals surface area contributed by atoms with Crippen molar-refractivity contribution in [2.75, 3.05) is 6.54 Å². The maximum Gasteiger partial charge on any atom is 0.227 e. The maximum atomic E-state index is 12.7. The Morgan fingerprint density at radius 3 is 2.26 bits per heavy atom. The predicted molar refractivity (Wildman–Crippen MR) is 78.8 cm³/mol. The average molecular weight is 266 g/mol. The Balaban J connectivity index is 1.95. The van der Waals surface area contributed by atoms with Gasteiger partial charge >= 0.3 is 0 Å². The van der Waals surface area contributed by atoms with E-state index in [4.69, 9.17) is 5.73 Å². The number of hydrogen-bond donors (Lipinski definition) is 2. The molecule has 1 amide bonds. The fourth-order valence-corrected chi connectivity index (χ4v) is 3.86. The Kier molecular flexibility index (Phi) is 5.26. The van der Waals surface area contributed by atoms with Gasteiger partial charge in [0.15, 0.2) is 0 Å². The van der Waals surface area contributed by atoms with Gasteiger partial charge in [-0.15, -0.1) is 0 Å². The van der Waals surface area contributed by atoms with Gasteiger partial charge in [-0.1, -0.05) is 38.5 Å². The molecule has 2 rings (SSSR count).